The van der Waals surface area contributed by atoms with E-state index in [4.69, 9.17) is 39.5 Å². The van der Waals surface area contributed by atoms with Gasteiger partial charge in [-0.05, 0) is 25.1 Å². The maximum Gasteiger partial charge on any atom is 0.295 e. The highest BCUT2D eigenvalue weighted by Crippen LogP contribution is 2.33. The van der Waals surface area contributed by atoms with Gasteiger partial charge in [0.05, 0.1) is 43.8 Å². The second kappa shape index (κ2) is 9.68. The Morgan fingerprint density at radius 2 is 1.84 bits per heavy atom. The number of anilines is 1. The molecule has 1 heterocycles. The van der Waals surface area contributed by atoms with Gasteiger partial charge in [-0.25, -0.2) is 8.42 Å². The molecular formula is C18H17Cl3N4O5S. The molecule has 0 aromatic heterocycles. The minimum Gasteiger partial charge on any atom is -0.379 e. The number of ether oxygens (including phenoxy) is 1. The first-order valence-corrected chi connectivity index (χ1v) is 11.5. The summed E-state index contributed by atoms with van der Waals surface area (Å²) >= 11 is 18.1. The lowest BCUT2D eigenvalue weighted by Crippen LogP contribution is -2.40. The molecule has 13 heteroatoms. The van der Waals surface area contributed by atoms with E-state index >= 15 is 0 Å². The third kappa shape index (κ3) is 5.11. The zero-order valence-electron chi connectivity index (χ0n) is 16.1. The van der Waals surface area contributed by atoms with Gasteiger partial charge in [0.25, 0.3) is 5.69 Å². The lowest BCUT2D eigenvalue weighted by Gasteiger charge is -2.26. The number of rotatable bonds is 6. The quantitative estimate of drug-likeness (QED) is 0.268. The molecule has 1 aliphatic heterocycles. The van der Waals surface area contributed by atoms with Crippen molar-refractivity contribution in [3.05, 3.63) is 61.1 Å². The molecule has 2 aromatic carbocycles. The van der Waals surface area contributed by atoms with Crippen molar-refractivity contribution in [1.82, 2.24) is 4.31 Å². The van der Waals surface area contributed by atoms with Gasteiger partial charge in [-0.3, -0.25) is 15.5 Å². The normalized spacial score (nSPS) is 15.7. The van der Waals surface area contributed by atoms with E-state index in [-0.39, 0.29) is 52.0 Å². The summed E-state index contributed by atoms with van der Waals surface area (Å²) in [6.45, 7) is 2.54. The van der Waals surface area contributed by atoms with E-state index < -0.39 is 20.6 Å². The van der Waals surface area contributed by atoms with Crippen LogP contribution in [0.15, 0.2) is 40.3 Å². The topological polar surface area (TPSA) is 114 Å². The van der Waals surface area contributed by atoms with Gasteiger partial charge < -0.3 is 4.74 Å². The molecule has 0 spiro atoms. The number of halogens is 3. The lowest BCUT2D eigenvalue weighted by atomic mass is 10.1. The maximum atomic E-state index is 12.8. The van der Waals surface area contributed by atoms with Crippen molar-refractivity contribution in [3.63, 3.8) is 0 Å². The number of nitro benzene ring substituents is 1. The lowest BCUT2D eigenvalue weighted by molar-refractivity contribution is -0.384. The molecule has 1 aliphatic rings. The van der Waals surface area contributed by atoms with Crippen molar-refractivity contribution < 1.29 is 18.1 Å². The van der Waals surface area contributed by atoms with Crippen LogP contribution in [0.4, 0.5) is 11.4 Å². The molecule has 0 amide bonds. The van der Waals surface area contributed by atoms with E-state index in [2.05, 4.69) is 10.5 Å². The van der Waals surface area contributed by atoms with Crippen LogP contribution in [0.3, 0.4) is 0 Å². The van der Waals surface area contributed by atoms with Crippen LogP contribution in [0, 0.1) is 10.1 Å². The van der Waals surface area contributed by atoms with Crippen molar-refractivity contribution in [2.75, 3.05) is 31.7 Å². The van der Waals surface area contributed by atoms with Gasteiger partial charge in [0, 0.05) is 24.7 Å². The van der Waals surface area contributed by atoms with Crippen LogP contribution < -0.4 is 5.43 Å². The summed E-state index contributed by atoms with van der Waals surface area (Å²) in [6.07, 6.45) is 0. The van der Waals surface area contributed by atoms with Crippen molar-refractivity contribution in [2.45, 2.75) is 11.8 Å². The fourth-order valence-electron chi connectivity index (χ4n) is 2.86. The molecule has 3 rings (SSSR count). The zero-order valence-corrected chi connectivity index (χ0v) is 19.2. The predicted molar refractivity (Wildman–Crippen MR) is 120 cm³/mol. The summed E-state index contributed by atoms with van der Waals surface area (Å²) in [7, 11) is -3.88. The van der Waals surface area contributed by atoms with E-state index in [1.165, 1.54) is 16.4 Å². The number of nitrogens with zero attached hydrogens (tertiary/aromatic N) is 3. The second-order valence-corrected chi connectivity index (χ2v) is 9.59. The van der Waals surface area contributed by atoms with Gasteiger partial charge in [-0.1, -0.05) is 40.9 Å². The largest absolute Gasteiger partial charge is 0.379 e. The standard InChI is InChI=1S/C18H17Cl3N4O5S/c1-11(13-3-4-14(19)18(21)17(13)20)22-23-15-5-2-12(10-16(15)25(26)27)31(28,29)24-6-8-30-9-7-24/h2-5,10,23H,6-9H2,1H3/b22-11+. The van der Waals surface area contributed by atoms with Gasteiger partial charge in [0.2, 0.25) is 10.0 Å². The van der Waals surface area contributed by atoms with Crippen LogP contribution in [0.2, 0.25) is 15.1 Å². The minimum absolute atomic E-state index is 0.0152. The molecule has 1 N–H and O–H groups in total. The molecule has 0 atom stereocenters. The van der Waals surface area contributed by atoms with Crippen LogP contribution in [-0.4, -0.2) is 49.7 Å². The average Bonchev–Trinajstić information content (AvgIpc) is 2.76. The minimum atomic E-state index is -3.88. The first-order chi connectivity index (χ1) is 14.6. The van der Waals surface area contributed by atoms with Crippen molar-refractivity contribution in [3.8, 4) is 0 Å². The number of hydrogen-bond donors (Lipinski definition) is 1. The summed E-state index contributed by atoms with van der Waals surface area (Å²) in [5, 5.41) is 16.3. The average molecular weight is 508 g/mol. The SMILES string of the molecule is C/C(=N\Nc1ccc(S(=O)(=O)N2CCOCC2)cc1[N+](=O)[O-])c1ccc(Cl)c(Cl)c1Cl. The highest BCUT2D eigenvalue weighted by molar-refractivity contribution is 7.89. The molecule has 2 aromatic rings. The summed E-state index contributed by atoms with van der Waals surface area (Å²) in [5.41, 5.74) is 3.05. The van der Waals surface area contributed by atoms with Crippen LogP contribution >= 0.6 is 34.8 Å². The number of morpholine rings is 1. The maximum absolute atomic E-state index is 12.8. The predicted octanol–water partition coefficient (Wildman–Crippen LogP) is 4.41. The van der Waals surface area contributed by atoms with Gasteiger partial charge in [-0.15, -0.1) is 0 Å². The first kappa shape index (κ1) is 23.7. The Labute approximate surface area is 193 Å². The highest BCUT2D eigenvalue weighted by atomic mass is 35.5. The van der Waals surface area contributed by atoms with E-state index in [0.29, 0.717) is 11.3 Å². The summed E-state index contributed by atoms with van der Waals surface area (Å²) in [6, 6.07) is 6.75. The Bertz CT molecular complexity index is 1150. The van der Waals surface area contributed by atoms with E-state index in [1.54, 1.807) is 19.1 Å². The Hall–Kier alpha value is -1.95. The van der Waals surface area contributed by atoms with E-state index in [9.17, 15) is 18.5 Å². The summed E-state index contributed by atoms with van der Waals surface area (Å²) in [5.74, 6) is 0. The molecule has 9 nitrogen and oxygen atoms in total. The van der Waals surface area contributed by atoms with Gasteiger partial charge in [0.15, 0.2) is 0 Å². The number of sulfonamides is 1. The number of nitrogens with one attached hydrogen (secondary N) is 1. The van der Waals surface area contributed by atoms with E-state index in [0.717, 1.165) is 6.07 Å². The van der Waals surface area contributed by atoms with Crippen molar-refractivity contribution >= 4 is 61.9 Å². The Balaban J connectivity index is 1.91. The molecule has 31 heavy (non-hydrogen) atoms. The number of hydrogen-bond acceptors (Lipinski definition) is 7. The van der Waals surface area contributed by atoms with Crippen LogP contribution in [0.25, 0.3) is 0 Å². The number of nitro groups is 1. The second-order valence-electron chi connectivity index (χ2n) is 6.48. The smallest absolute Gasteiger partial charge is 0.295 e. The van der Waals surface area contributed by atoms with Crippen LogP contribution in [0.5, 0.6) is 0 Å². The molecule has 0 radical (unpaired) electrons. The third-order valence-electron chi connectivity index (χ3n) is 4.54. The molecule has 0 saturated carbocycles. The first-order valence-electron chi connectivity index (χ1n) is 8.93. The zero-order chi connectivity index (χ0) is 22.8. The summed E-state index contributed by atoms with van der Waals surface area (Å²) < 4.78 is 32.0. The molecular weight excluding hydrogens is 491 g/mol. The number of hydrazone groups is 1. The fourth-order valence-corrected chi connectivity index (χ4v) is 4.96. The van der Waals surface area contributed by atoms with Crippen LogP contribution in [0.1, 0.15) is 12.5 Å². The molecule has 0 unspecified atom stereocenters. The summed E-state index contributed by atoms with van der Waals surface area (Å²) in [4.78, 5) is 10.7. The molecule has 1 fully saturated rings. The van der Waals surface area contributed by atoms with Gasteiger partial charge in [-0.2, -0.15) is 9.41 Å². The Kier molecular flexibility index (Phi) is 7.40. The van der Waals surface area contributed by atoms with Crippen LogP contribution in [-0.2, 0) is 14.8 Å². The van der Waals surface area contributed by atoms with Gasteiger partial charge in [0.1, 0.15) is 5.69 Å². The van der Waals surface area contributed by atoms with Crippen molar-refractivity contribution in [1.29, 1.82) is 0 Å². The highest BCUT2D eigenvalue weighted by Gasteiger charge is 2.29. The molecule has 0 bridgehead atoms. The van der Waals surface area contributed by atoms with E-state index in [1.807, 2.05) is 0 Å². The molecule has 166 valence electrons. The van der Waals surface area contributed by atoms with Crippen molar-refractivity contribution in [2.24, 2.45) is 5.10 Å². The molecule has 1 saturated heterocycles. The number of benzene rings is 2. The Morgan fingerprint density at radius 3 is 2.48 bits per heavy atom. The Morgan fingerprint density at radius 1 is 1.16 bits per heavy atom. The molecule has 0 aliphatic carbocycles. The monoisotopic (exact) mass is 506 g/mol. The third-order valence-corrected chi connectivity index (χ3v) is 7.73. The van der Waals surface area contributed by atoms with Gasteiger partial charge >= 0.3 is 0 Å². The fraction of sp³-hybridized carbons (Fsp3) is 0.278.